The number of hydrogen-bond acceptors (Lipinski definition) is 5. The fraction of sp³-hybridized carbons (Fsp3) is 0.357. The number of nitrogens with zero attached hydrogens (tertiary/aromatic N) is 3. The number of benzene rings is 2. The molecule has 0 unspecified atom stereocenters. The first-order valence-corrected chi connectivity index (χ1v) is 12.9. The van der Waals surface area contributed by atoms with Gasteiger partial charge in [0.2, 0.25) is 5.91 Å². The number of rotatable bonds is 10. The molecule has 1 N–H and O–H groups in total. The highest BCUT2D eigenvalue weighted by Gasteiger charge is 2.24. The second-order valence-electron chi connectivity index (χ2n) is 9.23. The lowest BCUT2D eigenvalue weighted by Crippen LogP contribution is -2.48. The Morgan fingerprint density at radius 3 is 2.50 bits per heavy atom. The Labute approximate surface area is 226 Å². The van der Waals surface area contributed by atoms with Gasteiger partial charge in [-0.3, -0.25) is 9.69 Å². The molecule has 2 heterocycles. The molecule has 0 saturated carbocycles. The van der Waals surface area contributed by atoms with E-state index in [1.54, 1.807) is 47.6 Å². The Kier molecular flexibility index (Phi) is 9.75. The second kappa shape index (κ2) is 13.4. The molecule has 38 heavy (non-hydrogen) atoms. The van der Waals surface area contributed by atoms with Crippen LogP contribution in [0.25, 0.3) is 0 Å². The number of amides is 3. The van der Waals surface area contributed by atoms with E-state index in [1.165, 1.54) is 17.0 Å². The molecule has 0 spiro atoms. The third kappa shape index (κ3) is 8.05. The molecule has 0 atom stereocenters. The number of anilines is 1. The van der Waals surface area contributed by atoms with Crippen molar-refractivity contribution in [1.82, 2.24) is 14.7 Å². The van der Waals surface area contributed by atoms with Crippen LogP contribution in [0, 0.1) is 12.7 Å². The third-order valence-corrected chi connectivity index (χ3v) is 6.80. The van der Waals surface area contributed by atoms with Crippen LogP contribution in [0.15, 0.2) is 65.3 Å². The van der Waals surface area contributed by atoms with E-state index < -0.39 is 6.03 Å². The van der Waals surface area contributed by atoms with E-state index in [1.807, 2.05) is 13.0 Å². The number of halogens is 2. The first-order valence-electron chi connectivity index (χ1n) is 12.5. The zero-order chi connectivity index (χ0) is 26.9. The fourth-order valence-corrected chi connectivity index (χ4v) is 4.29. The average molecular weight is 543 g/mol. The van der Waals surface area contributed by atoms with Gasteiger partial charge in [0.1, 0.15) is 18.1 Å². The number of carbonyl (C=O) groups is 2. The fourth-order valence-electron chi connectivity index (χ4n) is 4.11. The van der Waals surface area contributed by atoms with Gasteiger partial charge >= 0.3 is 6.03 Å². The number of ether oxygens (including phenoxy) is 1. The van der Waals surface area contributed by atoms with Crippen molar-refractivity contribution >= 4 is 29.2 Å². The van der Waals surface area contributed by atoms with Crippen molar-refractivity contribution in [3.05, 3.63) is 88.6 Å². The quantitative estimate of drug-likeness (QED) is 0.399. The largest absolute Gasteiger partial charge is 0.467 e. The molecule has 202 valence electrons. The van der Waals surface area contributed by atoms with E-state index >= 15 is 0 Å². The van der Waals surface area contributed by atoms with Crippen LogP contribution in [0.5, 0.6) is 0 Å². The van der Waals surface area contributed by atoms with Crippen LogP contribution in [0.2, 0.25) is 5.02 Å². The molecule has 2 aromatic carbocycles. The van der Waals surface area contributed by atoms with Crippen LogP contribution in [-0.4, -0.2) is 72.6 Å². The summed E-state index contributed by atoms with van der Waals surface area (Å²) in [5.74, 6) is 0.00342. The lowest BCUT2D eigenvalue weighted by atomic mass is 10.2. The summed E-state index contributed by atoms with van der Waals surface area (Å²) >= 11 is 6.24. The Morgan fingerprint density at radius 1 is 1.05 bits per heavy atom. The van der Waals surface area contributed by atoms with Crippen LogP contribution in [0.4, 0.5) is 14.9 Å². The summed E-state index contributed by atoms with van der Waals surface area (Å²) in [7, 11) is 0. The number of morpholine rings is 1. The predicted octanol–water partition coefficient (Wildman–Crippen LogP) is 4.78. The Morgan fingerprint density at radius 2 is 1.82 bits per heavy atom. The van der Waals surface area contributed by atoms with Crippen LogP contribution in [0.1, 0.15) is 16.9 Å². The SMILES string of the molecule is Cc1ccc(NC(=O)N(CCN2CCOCC2)CC(=O)N(Cc2ccc(F)cc2)Cc2ccco2)cc1Cl. The van der Waals surface area contributed by atoms with Crippen molar-refractivity contribution in [3.63, 3.8) is 0 Å². The molecule has 10 heteroatoms. The number of furan rings is 1. The van der Waals surface area contributed by atoms with Gasteiger partial charge in [-0.15, -0.1) is 0 Å². The van der Waals surface area contributed by atoms with Crippen molar-refractivity contribution in [2.24, 2.45) is 0 Å². The lowest BCUT2D eigenvalue weighted by molar-refractivity contribution is -0.133. The van der Waals surface area contributed by atoms with Crippen LogP contribution >= 0.6 is 11.6 Å². The summed E-state index contributed by atoms with van der Waals surface area (Å²) < 4.78 is 24.3. The van der Waals surface area contributed by atoms with Crippen LogP contribution in [0.3, 0.4) is 0 Å². The molecule has 4 rings (SSSR count). The third-order valence-electron chi connectivity index (χ3n) is 6.39. The summed E-state index contributed by atoms with van der Waals surface area (Å²) in [6.07, 6.45) is 1.55. The summed E-state index contributed by atoms with van der Waals surface area (Å²) in [5, 5.41) is 3.42. The molecule has 1 aliphatic heterocycles. The molecule has 8 nitrogen and oxygen atoms in total. The van der Waals surface area contributed by atoms with Gasteiger partial charge in [0.05, 0.1) is 26.0 Å². The highest BCUT2D eigenvalue weighted by molar-refractivity contribution is 6.31. The molecule has 0 bridgehead atoms. The van der Waals surface area contributed by atoms with Gasteiger partial charge in [-0.1, -0.05) is 29.8 Å². The topological polar surface area (TPSA) is 78.3 Å². The van der Waals surface area contributed by atoms with E-state index in [-0.39, 0.29) is 31.4 Å². The molecule has 0 radical (unpaired) electrons. The van der Waals surface area contributed by atoms with E-state index in [9.17, 15) is 14.0 Å². The Bertz CT molecular complexity index is 1200. The molecule has 3 aromatic rings. The maximum absolute atomic E-state index is 13.6. The Balaban J connectivity index is 1.50. The minimum Gasteiger partial charge on any atom is -0.467 e. The van der Waals surface area contributed by atoms with Crippen LogP contribution in [-0.2, 0) is 22.6 Å². The minimum atomic E-state index is -0.397. The molecule has 1 aliphatic rings. The first kappa shape index (κ1) is 27.6. The summed E-state index contributed by atoms with van der Waals surface area (Å²) in [4.78, 5) is 32.3. The molecule has 1 fully saturated rings. The monoisotopic (exact) mass is 542 g/mol. The number of carbonyl (C=O) groups excluding carboxylic acids is 2. The van der Waals surface area contributed by atoms with Gasteiger partial charge in [-0.25, -0.2) is 9.18 Å². The maximum atomic E-state index is 13.6. The lowest BCUT2D eigenvalue weighted by Gasteiger charge is -2.31. The maximum Gasteiger partial charge on any atom is 0.322 e. The minimum absolute atomic E-state index is 0.141. The molecular weight excluding hydrogens is 511 g/mol. The molecule has 3 amide bonds. The molecule has 0 aliphatic carbocycles. The smallest absolute Gasteiger partial charge is 0.322 e. The highest BCUT2D eigenvalue weighted by Crippen LogP contribution is 2.20. The zero-order valence-electron chi connectivity index (χ0n) is 21.4. The van der Waals surface area contributed by atoms with Gasteiger partial charge in [0.25, 0.3) is 0 Å². The van der Waals surface area contributed by atoms with Gasteiger partial charge < -0.3 is 24.3 Å². The van der Waals surface area contributed by atoms with E-state index in [0.717, 1.165) is 24.2 Å². The number of hydrogen-bond donors (Lipinski definition) is 1. The van der Waals surface area contributed by atoms with E-state index in [2.05, 4.69) is 10.2 Å². The average Bonchev–Trinajstić information content (AvgIpc) is 3.43. The van der Waals surface area contributed by atoms with Gasteiger partial charge in [-0.05, 0) is 54.4 Å². The second-order valence-corrected chi connectivity index (χ2v) is 9.63. The number of aryl methyl sites for hydroxylation is 1. The van der Waals surface area contributed by atoms with Crippen molar-refractivity contribution in [2.45, 2.75) is 20.0 Å². The van der Waals surface area contributed by atoms with Crippen molar-refractivity contribution in [3.8, 4) is 0 Å². The molecule has 1 aromatic heterocycles. The standard InChI is InChI=1S/C28H32ClFN4O4/c1-21-4-9-24(17-26(21)29)31-28(36)33(11-10-32-12-15-37-16-13-32)20-27(35)34(19-25-3-2-14-38-25)18-22-5-7-23(30)8-6-22/h2-9,14,17H,10-13,15-16,18-20H2,1H3,(H,31,36). The van der Waals surface area contributed by atoms with E-state index in [0.29, 0.717) is 42.8 Å². The predicted molar refractivity (Wildman–Crippen MR) is 143 cm³/mol. The zero-order valence-corrected chi connectivity index (χ0v) is 22.1. The Hall–Kier alpha value is -3.40. The van der Waals surface area contributed by atoms with E-state index in [4.69, 9.17) is 20.8 Å². The van der Waals surface area contributed by atoms with Gasteiger partial charge in [0.15, 0.2) is 0 Å². The van der Waals surface area contributed by atoms with Crippen LogP contribution < -0.4 is 5.32 Å². The van der Waals surface area contributed by atoms with Gasteiger partial charge in [-0.2, -0.15) is 0 Å². The summed E-state index contributed by atoms with van der Waals surface area (Å²) in [6, 6.07) is 14.4. The highest BCUT2D eigenvalue weighted by atomic mass is 35.5. The molecular formula is C28H32ClFN4O4. The summed E-state index contributed by atoms with van der Waals surface area (Å²) in [5.41, 5.74) is 2.22. The molecule has 1 saturated heterocycles. The summed E-state index contributed by atoms with van der Waals surface area (Å²) in [6.45, 7) is 5.98. The number of urea groups is 1. The number of nitrogens with one attached hydrogen (secondary N) is 1. The van der Waals surface area contributed by atoms with Crippen molar-refractivity contribution < 1.29 is 23.1 Å². The van der Waals surface area contributed by atoms with Crippen molar-refractivity contribution in [1.29, 1.82) is 0 Å². The first-order chi connectivity index (χ1) is 18.4. The van der Waals surface area contributed by atoms with Gasteiger partial charge in [0, 0.05) is 43.4 Å². The normalized spacial score (nSPS) is 13.8. The van der Waals surface area contributed by atoms with Crippen molar-refractivity contribution in [2.75, 3.05) is 51.3 Å².